The van der Waals surface area contributed by atoms with Gasteiger partial charge in [0.2, 0.25) is 5.91 Å². The minimum Gasteiger partial charge on any atom is -0.357 e. The molecule has 0 aromatic rings. The molecule has 6 nitrogen and oxygen atoms in total. The Morgan fingerprint density at radius 1 is 1.04 bits per heavy atom. The lowest BCUT2D eigenvalue weighted by molar-refractivity contribution is -0.128. The predicted octanol–water partition coefficient (Wildman–Crippen LogP) is 1.90. The van der Waals surface area contributed by atoms with E-state index in [9.17, 15) is 4.79 Å². The lowest BCUT2D eigenvalue weighted by atomic mass is 10.1. The lowest BCUT2D eigenvalue weighted by Gasteiger charge is -2.29. The van der Waals surface area contributed by atoms with Crippen molar-refractivity contribution in [2.24, 2.45) is 10.9 Å². The van der Waals surface area contributed by atoms with Gasteiger partial charge in [0.1, 0.15) is 6.54 Å². The third-order valence-electron chi connectivity index (χ3n) is 4.81. The van der Waals surface area contributed by atoms with Crippen LogP contribution in [0.15, 0.2) is 4.99 Å². The summed E-state index contributed by atoms with van der Waals surface area (Å²) in [7, 11) is 0. The van der Waals surface area contributed by atoms with Crippen LogP contribution in [0.5, 0.6) is 0 Å². The Bertz CT molecular complexity index is 406. The van der Waals surface area contributed by atoms with E-state index in [1.807, 2.05) is 4.90 Å². The molecule has 0 saturated carbocycles. The molecule has 0 aromatic carbocycles. The summed E-state index contributed by atoms with van der Waals surface area (Å²) in [6, 6.07) is 0. The zero-order chi connectivity index (χ0) is 17.2. The highest BCUT2D eigenvalue weighted by atomic mass is 127. The van der Waals surface area contributed by atoms with Crippen LogP contribution in [-0.2, 0) is 4.79 Å². The van der Waals surface area contributed by atoms with Gasteiger partial charge in [0.15, 0.2) is 5.96 Å². The van der Waals surface area contributed by atoms with Crippen LogP contribution in [0.25, 0.3) is 0 Å². The number of amides is 1. The Kier molecular flexibility index (Phi) is 11.4. The molecule has 1 atom stereocenters. The van der Waals surface area contributed by atoms with Gasteiger partial charge in [-0.25, -0.2) is 4.99 Å². The summed E-state index contributed by atoms with van der Waals surface area (Å²) >= 11 is 0. The first kappa shape index (κ1) is 22.5. The molecule has 2 heterocycles. The molecule has 2 N–H and O–H groups in total. The van der Waals surface area contributed by atoms with E-state index in [0.717, 1.165) is 51.5 Å². The molecule has 7 heteroatoms. The molecule has 2 aliphatic heterocycles. The molecule has 2 saturated heterocycles. The Morgan fingerprint density at radius 3 is 2.32 bits per heavy atom. The number of hydrogen-bond acceptors (Lipinski definition) is 3. The highest BCUT2D eigenvalue weighted by Gasteiger charge is 2.17. The van der Waals surface area contributed by atoms with Crippen molar-refractivity contribution in [2.75, 3.05) is 52.4 Å². The van der Waals surface area contributed by atoms with Gasteiger partial charge in [0.05, 0.1) is 0 Å². The van der Waals surface area contributed by atoms with Gasteiger partial charge >= 0.3 is 0 Å². The van der Waals surface area contributed by atoms with Crippen molar-refractivity contribution in [3.8, 4) is 0 Å². The first-order chi connectivity index (χ1) is 11.7. The van der Waals surface area contributed by atoms with Gasteiger partial charge in [-0.2, -0.15) is 0 Å². The van der Waals surface area contributed by atoms with Gasteiger partial charge in [-0.05, 0) is 51.6 Å². The highest BCUT2D eigenvalue weighted by molar-refractivity contribution is 14.0. The zero-order valence-electron chi connectivity index (χ0n) is 15.9. The van der Waals surface area contributed by atoms with Crippen LogP contribution < -0.4 is 10.6 Å². The van der Waals surface area contributed by atoms with Crippen LogP contribution >= 0.6 is 24.0 Å². The summed E-state index contributed by atoms with van der Waals surface area (Å²) in [5, 5.41) is 6.64. The average Bonchev–Trinajstić information content (AvgIpc) is 3.12. The first-order valence-electron chi connectivity index (χ1n) is 9.71. The molecule has 2 rings (SSSR count). The number of guanidine groups is 1. The number of aliphatic imine (C=N–C) groups is 1. The Morgan fingerprint density at radius 2 is 1.68 bits per heavy atom. The molecular formula is C18H36IN5O. The average molecular weight is 465 g/mol. The van der Waals surface area contributed by atoms with Crippen molar-refractivity contribution < 1.29 is 4.79 Å². The molecule has 1 amide bonds. The fourth-order valence-corrected chi connectivity index (χ4v) is 3.47. The van der Waals surface area contributed by atoms with Crippen LogP contribution in [-0.4, -0.2) is 74.0 Å². The smallest absolute Gasteiger partial charge is 0.244 e. The molecule has 2 fully saturated rings. The molecule has 0 aromatic heterocycles. The van der Waals surface area contributed by atoms with E-state index in [2.05, 4.69) is 34.4 Å². The van der Waals surface area contributed by atoms with Crippen LogP contribution in [0.2, 0.25) is 0 Å². The number of hydrogen-bond donors (Lipinski definition) is 2. The van der Waals surface area contributed by atoms with E-state index in [0.29, 0.717) is 5.92 Å². The molecule has 0 aliphatic carbocycles. The predicted molar refractivity (Wildman–Crippen MR) is 115 cm³/mol. The fraction of sp³-hybridized carbons (Fsp3) is 0.889. The standard InChI is InChI=1S/C18H35N5O.HI/c1-3-19-18(21-14-17(24)23-11-7-8-12-23)20-13-16(2)15-22-9-5-4-6-10-22;/h16H,3-15H2,1-2H3,(H2,19,20,21);1H. The maximum atomic E-state index is 12.1. The van der Waals surface area contributed by atoms with Crippen LogP contribution in [0, 0.1) is 5.92 Å². The number of piperidine rings is 1. The van der Waals surface area contributed by atoms with Crippen LogP contribution in [0.3, 0.4) is 0 Å². The monoisotopic (exact) mass is 465 g/mol. The minimum atomic E-state index is 0. The quantitative estimate of drug-likeness (QED) is 0.343. The maximum Gasteiger partial charge on any atom is 0.244 e. The van der Waals surface area contributed by atoms with Crippen molar-refractivity contribution >= 4 is 35.8 Å². The second-order valence-electron chi connectivity index (χ2n) is 7.13. The molecular weight excluding hydrogens is 429 g/mol. The molecule has 2 aliphatic rings. The Balaban J connectivity index is 0.00000312. The van der Waals surface area contributed by atoms with Gasteiger partial charge in [-0.3, -0.25) is 4.79 Å². The van der Waals surface area contributed by atoms with Gasteiger partial charge in [-0.15, -0.1) is 24.0 Å². The number of rotatable bonds is 7. The summed E-state index contributed by atoms with van der Waals surface area (Å²) in [5.74, 6) is 1.47. The number of nitrogens with one attached hydrogen (secondary N) is 2. The topological polar surface area (TPSA) is 60.0 Å². The molecule has 146 valence electrons. The van der Waals surface area contributed by atoms with Gasteiger partial charge in [0, 0.05) is 32.7 Å². The molecule has 0 spiro atoms. The summed E-state index contributed by atoms with van der Waals surface area (Å²) in [5.41, 5.74) is 0. The van der Waals surface area contributed by atoms with Crippen LogP contribution in [0.1, 0.15) is 46.0 Å². The third-order valence-corrected chi connectivity index (χ3v) is 4.81. The van der Waals surface area contributed by atoms with Gasteiger partial charge in [0.25, 0.3) is 0 Å². The van der Waals surface area contributed by atoms with Crippen molar-refractivity contribution in [3.63, 3.8) is 0 Å². The summed E-state index contributed by atoms with van der Waals surface area (Å²) in [6.45, 7) is 11.7. The second kappa shape index (κ2) is 12.7. The number of nitrogens with zero attached hydrogens (tertiary/aromatic N) is 3. The number of halogens is 1. The van der Waals surface area contributed by atoms with E-state index in [1.165, 1.54) is 32.4 Å². The highest BCUT2D eigenvalue weighted by Crippen LogP contribution is 2.10. The lowest BCUT2D eigenvalue weighted by Crippen LogP contribution is -2.43. The second-order valence-corrected chi connectivity index (χ2v) is 7.13. The minimum absolute atomic E-state index is 0. The van der Waals surface area contributed by atoms with Crippen molar-refractivity contribution in [3.05, 3.63) is 0 Å². The van der Waals surface area contributed by atoms with E-state index >= 15 is 0 Å². The normalized spacial score (nSPS) is 20.1. The largest absolute Gasteiger partial charge is 0.357 e. The molecule has 1 unspecified atom stereocenters. The number of carbonyl (C=O) groups is 1. The van der Waals surface area contributed by atoms with Crippen molar-refractivity contribution in [1.29, 1.82) is 0 Å². The fourth-order valence-electron chi connectivity index (χ4n) is 3.47. The zero-order valence-corrected chi connectivity index (χ0v) is 18.3. The van der Waals surface area contributed by atoms with E-state index in [-0.39, 0.29) is 36.4 Å². The summed E-state index contributed by atoms with van der Waals surface area (Å²) < 4.78 is 0. The number of carbonyl (C=O) groups excluding carboxylic acids is 1. The van der Waals surface area contributed by atoms with Crippen LogP contribution in [0.4, 0.5) is 0 Å². The Hall–Kier alpha value is -0.570. The maximum absolute atomic E-state index is 12.1. The van der Waals surface area contributed by atoms with Crippen molar-refractivity contribution in [2.45, 2.75) is 46.0 Å². The molecule has 25 heavy (non-hydrogen) atoms. The third kappa shape index (κ3) is 8.57. The Labute approximate surface area is 170 Å². The summed E-state index contributed by atoms with van der Waals surface area (Å²) in [6.07, 6.45) is 6.31. The SMILES string of the molecule is CCNC(=NCC(=O)N1CCCC1)NCC(C)CN1CCCCC1.I. The van der Waals surface area contributed by atoms with Gasteiger partial charge in [-0.1, -0.05) is 13.3 Å². The van der Waals surface area contributed by atoms with Gasteiger partial charge < -0.3 is 20.4 Å². The first-order valence-corrected chi connectivity index (χ1v) is 9.71. The van der Waals surface area contributed by atoms with Crippen molar-refractivity contribution in [1.82, 2.24) is 20.4 Å². The summed E-state index contributed by atoms with van der Waals surface area (Å²) in [4.78, 5) is 21.1. The van der Waals surface area contributed by atoms with E-state index < -0.39 is 0 Å². The van der Waals surface area contributed by atoms with E-state index in [1.54, 1.807) is 0 Å². The van der Waals surface area contributed by atoms with E-state index in [4.69, 9.17) is 0 Å². The molecule has 0 bridgehead atoms. The molecule has 0 radical (unpaired) electrons. The number of likely N-dealkylation sites (tertiary alicyclic amines) is 2.